The summed E-state index contributed by atoms with van der Waals surface area (Å²) in [6.45, 7) is 4.16. The van der Waals surface area contributed by atoms with Crippen LogP contribution in [0.3, 0.4) is 0 Å². The smallest absolute Gasteiger partial charge is 0.251 e. The van der Waals surface area contributed by atoms with Gasteiger partial charge in [0.15, 0.2) is 0 Å². The van der Waals surface area contributed by atoms with Gasteiger partial charge in [-0.3, -0.25) is 4.79 Å². The molecule has 2 N–H and O–H groups in total. The molecule has 0 aliphatic rings. The lowest BCUT2D eigenvalue weighted by molar-refractivity contribution is 0.00964. The van der Waals surface area contributed by atoms with E-state index in [0.29, 0.717) is 87.4 Å². The number of nitrogens with one attached hydrogen (secondary N) is 2. The highest BCUT2D eigenvalue weighted by atomic mass is 35.5. The van der Waals surface area contributed by atoms with Gasteiger partial charge in [-0.25, -0.2) is 9.97 Å². The van der Waals surface area contributed by atoms with Gasteiger partial charge in [0.05, 0.1) is 59.1 Å². The van der Waals surface area contributed by atoms with Gasteiger partial charge in [0, 0.05) is 65.1 Å². The number of rotatable bonds is 23. The number of imidazole rings is 1. The second-order valence-corrected chi connectivity index (χ2v) is 12.8. The number of benzene rings is 3. The van der Waals surface area contributed by atoms with Crippen LogP contribution in [-0.4, -0.2) is 80.3 Å². The van der Waals surface area contributed by atoms with Crippen molar-refractivity contribution in [3.63, 3.8) is 0 Å². The van der Waals surface area contributed by atoms with Gasteiger partial charge < -0.3 is 38.9 Å². The highest BCUT2D eigenvalue weighted by Gasteiger charge is 2.17. The molecule has 13 heteroatoms. The zero-order valence-electron chi connectivity index (χ0n) is 30.2. The molecule has 5 rings (SSSR count). The molecule has 0 spiro atoms. The van der Waals surface area contributed by atoms with Crippen molar-refractivity contribution in [2.45, 2.75) is 19.3 Å². The Morgan fingerprint density at radius 3 is 2.20 bits per heavy atom. The number of anilines is 1. The molecule has 0 fully saturated rings. The first-order chi connectivity index (χ1) is 26.5. The molecule has 0 aliphatic heterocycles. The van der Waals surface area contributed by atoms with E-state index >= 15 is 0 Å². The van der Waals surface area contributed by atoms with E-state index in [-0.39, 0.29) is 12.0 Å². The molecule has 0 saturated carbocycles. The molecule has 2 heterocycles. The third-order valence-corrected chi connectivity index (χ3v) is 8.66. The maximum atomic E-state index is 12.6. The summed E-state index contributed by atoms with van der Waals surface area (Å²) in [5.74, 6) is 0.369. The Morgan fingerprint density at radius 2 is 1.54 bits per heavy atom. The van der Waals surface area contributed by atoms with E-state index in [1.54, 1.807) is 43.0 Å². The molecule has 0 bridgehead atoms. The van der Waals surface area contributed by atoms with Crippen molar-refractivity contribution in [2.75, 3.05) is 65.2 Å². The SMILES string of the molecule is CNc1ccc(/C=C/c2ccc(OCCOCCOCCOCCNC(=O)c3ccc(COC(Cn4ccnc4)c4ccc(Cl)cc4Cl)cc3)nc2)cc1. The van der Waals surface area contributed by atoms with Gasteiger partial charge >= 0.3 is 0 Å². The zero-order chi connectivity index (χ0) is 37.8. The minimum atomic E-state index is -0.327. The minimum absolute atomic E-state index is 0.179. The lowest BCUT2D eigenvalue weighted by Crippen LogP contribution is -2.27. The van der Waals surface area contributed by atoms with Gasteiger partial charge in [0.2, 0.25) is 5.88 Å². The second-order valence-electron chi connectivity index (χ2n) is 12.0. The van der Waals surface area contributed by atoms with Crippen LogP contribution >= 0.6 is 23.2 Å². The Hall–Kier alpha value is -4.75. The van der Waals surface area contributed by atoms with Crippen molar-refractivity contribution in [1.82, 2.24) is 19.9 Å². The first-order valence-corrected chi connectivity index (χ1v) is 18.4. The van der Waals surface area contributed by atoms with Crippen LogP contribution in [0.15, 0.2) is 104 Å². The number of ether oxygens (including phenoxy) is 5. The molecule has 54 heavy (non-hydrogen) atoms. The molecular weight excluding hydrogens is 729 g/mol. The van der Waals surface area contributed by atoms with E-state index < -0.39 is 0 Å². The van der Waals surface area contributed by atoms with Crippen molar-refractivity contribution in [3.8, 4) is 5.88 Å². The zero-order valence-corrected chi connectivity index (χ0v) is 31.7. The summed E-state index contributed by atoms with van der Waals surface area (Å²) in [5.41, 5.74) is 5.48. The topological polar surface area (TPSA) is 118 Å². The highest BCUT2D eigenvalue weighted by Crippen LogP contribution is 2.30. The van der Waals surface area contributed by atoms with Crippen molar-refractivity contribution in [1.29, 1.82) is 0 Å². The second kappa shape index (κ2) is 22.5. The summed E-state index contributed by atoms with van der Waals surface area (Å²) in [6, 6.07) is 24.7. The molecule has 0 aliphatic carbocycles. The highest BCUT2D eigenvalue weighted by molar-refractivity contribution is 6.35. The Bertz CT molecular complexity index is 1860. The largest absolute Gasteiger partial charge is 0.475 e. The molecule has 3 aromatic carbocycles. The predicted octanol–water partition coefficient (Wildman–Crippen LogP) is 7.61. The fourth-order valence-corrected chi connectivity index (χ4v) is 5.68. The third-order valence-electron chi connectivity index (χ3n) is 8.09. The lowest BCUT2D eigenvalue weighted by atomic mass is 10.1. The molecule has 1 atom stereocenters. The summed E-state index contributed by atoms with van der Waals surface area (Å²) >= 11 is 12.6. The summed E-state index contributed by atoms with van der Waals surface area (Å²) in [5, 5.41) is 7.08. The van der Waals surface area contributed by atoms with Crippen LogP contribution in [0, 0.1) is 0 Å². The van der Waals surface area contributed by atoms with Crippen LogP contribution in [-0.2, 0) is 32.1 Å². The van der Waals surface area contributed by atoms with Gasteiger partial charge in [0.1, 0.15) is 12.7 Å². The predicted molar refractivity (Wildman–Crippen MR) is 212 cm³/mol. The fraction of sp³-hybridized carbons (Fsp3) is 0.293. The molecular formula is C41H45Cl2N5O6. The van der Waals surface area contributed by atoms with Gasteiger partial charge in [-0.05, 0) is 59.2 Å². The molecule has 11 nitrogen and oxygen atoms in total. The lowest BCUT2D eigenvalue weighted by Gasteiger charge is -2.20. The molecule has 284 valence electrons. The number of carbonyl (C=O) groups excluding carboxylic acids is 1. The van der Waals surface area contributed by atoms with Crippen LogP contribution in [0.4, 0.5) is 5.69 Å². The van der Waals surface area contributed by atoms with Gasteiger partial charge in [0.25, 0.3) is 5.91 Å². The first kappa shape index (κ1) is 40.4. The van der Waals surface area contributed by atoms with E-state index in [0.717, 1.165) is 27.9 Å². The van der Waals surface area contributed by atoms with Crippen LogP contribution in [0.5, 0.6) is 5.88 Å². The van der Waals surface area contributed by atoms with Crippen LogP contribution in [0.1, 0.15) is 38.7 Å². The molecule has 2 aromatic heterocycles. The Kier molecular flexibility index (Phi) is 16.8. The summed E-state index contributed by atoms with van der Waals surface area (Å²) < 4.78 is 30.6. The van der Waals surface area contributed by atoms with E-state index in [2.05, 4.69) is 32.7 Å². The number of hydrogen-bond acceptors (Lipinski definition) is 9. The minimum Gasteiger partial charge on any atom is -0.475 e. The molecule has 0 saturated heterocycles. The number of pyridine rings is 1. The quantitative estimate of drug-likeness (QED) is 0.0647. The molecule has 1 unspecified atom stereocenters. The fourth-order valence-electron chi connectivity index (χ4n) is 5.15. The number of nitrogens with zero attached hydrogens (tertiary/aromatic N) is 3. The number of carbonyl (C=O) groups is 1. The number of amides is 1. The molecule has 5 aromatic rings. The van der Waals surface area contributed by atoms with Crippen LogP contribution in [0.2, 0.25) is 10.0 Å². The molecule has 1 amide bonds. The Balaban J connectivity index is 0.870. The van der Waals surface area contributed by atoms with Crippen LogP contribution < -0.4 is 15.4 Å². The van der Waals surface area contributed by atoms with Crippen molar-refractivity contribution in [3.05, 3.63) is 142 Å². The number of halogens is 2. The Labute approximate surface area is 326 Å². The normalized spacial score (nSPS) is 11.8. The van der Waals surface area contributed by atoms with Gasteiger partial charge in [-0.1, -0.05) is 65.7 Å². The van der Waals surface area contributed by atoms with Crippen molar-refractivity contribution >= 4 is 46.9 Å². The first-order valence-electron chi connectivity index (χ1n) is 17.6. The van der Waals surface area contributed by atoms with Gasteiger partial charge in [-0.15, -0.1) is 0 Å². The van der Waals surface area contributed by atoms with E-state index in [1.807, 2.05) is 72.4 Å². The maximum Gasteiger partial charge on any atom is 0.251 e. The Morgan fingerprint density at radius 1 is 0.833 bits per heavy atom. The van der Waals surface area contributed by atoms with E-state index in [9.17, 15) is 4.79 Å². The van der Waals surface area contributed by atoms with Crippen molar-refractivity contribution in [2.24, 2.45) is 0 Å². The summed E-state index contributed by atoms with van der Waals surface area (Å²) in [4.78, 5) is 21.1. The van der Waals surface area contributed by atoms with E-state index in [4.69, 9.17) is 46.9 Å². The molecule has 0 radical (unpaired) electrons. The monoisotopic (exact) mass is 773 g/mol. The van der Waals surface area contributed by atoms with Crippen LogP contribution in [0.25, 0.3) is 12.2 Å². The van der Waals surface area contributed by atoms with Crippen molar-refractivity contribution < 1.29 is 28.5 Å². The number of aromatic nitrogens is 3. The van der Waals surface area contributed by atoms with E-state index in [1.165, 1.54) is 0 Å². The average molecular weight is 775 g/mol. The average Bonchev–Trinajstić information content (AvgIpc) is 3.71. The standard InChI is InChI=1S/C41H45Cl2N5O6/c1-44-36-12-6-31(7-13-36)2-3-32-8-15-40(47-27-32)53-25-24-52-23-22-51-21-20-50-19-17-46-41(49)34-9-4-33(5-10-34)29-54-39(28-48-18-16-45-30-48)37-14-11-35(42)26-38(37)43/h2-16,18,26-27,30,39,44H,17,19-25,28-29H2,1H3,(H,46,49)/b3-2+. The third kappa shape index (κ3) is 13.9. The van der Waals surface area contributed by atoms with Gasteiger partial charge in [-0.2, -0.15) is 0 Å². The number of hydrogen-bond donors (Lipinski definition) is 2. The summed E-state index contributed by atoms with van der Waals surface area (Å²) in [7, 11) is 1.90. The summed E-state index contributed by atoms with van der Waals surface area (Å²) in [6.07, 6.45) is 10.8. The maximum absolute atomic E-state index is 12.6.